The van der Waals surface area contributed by atoms with Gasteiger partial charge in [-0.25, -0.2) is 4.79 Å². The van der Waals surface area contributed by atoms with Gasteiger partial charge in [-0.2, -0.15) is 4.98 Å². The van der Waals surface area contributed by atoms with Gasteiger partial charge >= 0.3 is 5.69 Å². The quantitative estimate of drug-likeness (QED) is 0.102. The maximum Gasteiger partial charge on any atom is 0.351 e. The molecular formula is C15H24N8O5. The summed E-state index contributed by atoms with van der Waals surface area (Å²) in [6.45, 7) is 0.254. The summed E-state index contributed by atoms with van der Waals surface area (Å²) in [5.41, 5.74) is 14.1. The third-order valence-electron chi connectivity index (χ3n) is 4.53. The average molecular weight is 396 g/mol. The number of rotatable bonds is 5. The highest BCUT2D eigenvalue weighted by Crippen LogP contribution is 2.33. The predicted octanol–water partition coefficient (Wildman–Crippen LogP) is -2.37. The Morgan fingerprint density at radius 1 is 1.50 bits per heavy atom. The fraction of sp³-hybridized carbons (Fsp3) is 0.600. The fourth-order valence-electron chi connectivity index (χ4n) is 3.32. The first kappa shape index (κ1) is 19.9. The lowest BCUT2D eigenvalue weighted by molar-refractivity contribution is -0.196. The van der Waals surface area contributed by atoms with Crippen molar-refractivity contribution in [2.75, 3.05) is 18.9 Å². The second-order valence-electron chi connectivity index (χ2n) is 6.72. The van der Waals surface area contributed by atoms with Crippen molar-refractivity contribution < 1.29 is 19.8 Å². The Balaban J connectivity index is 1.80. The van der Waals surface area contributed by atoms with Gasteiger partial charge in [0.2, 0.25) is 5.90 Å². The Morgan fingerprint density at radius 3 is 2.96 bits per heavy atom. The van der Waals surface area contributed by atoms with Crippen LogP contribution in [0, 0.1) is 0 Å². The number of hydrogen-bond acceptors (Lipinski definition) is 10. The highest BCUT2D eigenvalue weighted by molar-refractivity contribution is 5.82. The number of ether oxygens (including phenoxy) is 2. The van der Waals surface area contributed by atoms with Crippen LogP contribution in [0.4, 0.5) is 5.82 Å². The van der Waals surface area contributed by atoms with Crippen molar-refractivity contribution in [1.82, 2.24) is 14.9 Å². The molecule has 4 atom stereocenters. The molecule has 0 saturated carbocycles. The summed E-state index contributed by atoms with van der Waals surface area (Å²) < 4.78 is 12.7. The van der Waals surface area contributed by atoms with Gasteiger partial charge in [0, 0.05) is 19.2 Å². The molecule has 0 amide bonds. The molecule has 2 aliphatic rings. The molecule has 1 aromatic rings. The monoisotopic (exact) mass is 396 g/mol. The van der Waals surface area contributed by atoms with Gasteiger partial charge in [0.05, 0.1) is 12.6 Å². The number of aliphatic imine (C=N–C) groups is 1. The SMILES string of the molecule is NC(N)=NCCCC1NC2(O)COC(n3ccc(N)nc3=O)C(C2)OC1=NO. The molecule has 9 N–H and O–H groups in total. The molecule has 2 saturated heterocycles. The molecule has 3 rings (SSSR count). The fourth-order valence-corrected chi connectivity index (χ4v) is 3.32. The summed E-state index contributed by atoms with van der Waals surface area (Å²) >= 11 is 0. The van der Waals surface area contributed by atoms with Crippen LogP contribution in [-0.4, -0.2) is 62.7 Å². The minimum Gasteiger partial charge on any atom is -0.469 e. The molecule has 1 aromatic heterocycles. The Labute approximate surface area is 159 Å². The molecule has 28 heavy (non-hydrogen) atoms. The van der Waals surface area contributed by atoms with Crippen LogP contribution in [-0.2, 0) is 9.47 Å². The molecule has 0 aromatic carbocycles. The lowest BCUT2D eigenvalue weighted by atomic mass is 10.0. The van der Waals surface area contributed by atoms with Gasteiger partial charge in [0.25, 0.3) is 0 Å². The van der Waals surface area contributed by atoms with Crippen LogP contribution >= 0.6 is 0 Å². The summed E-state index contributed by atoms with van der Waals surface area (Å²) in [5, 5.41) is 26.5. The largest absolute Gasteiger partial charge is 0.469 e. The van der Waals surface area contributed by atoms with Gasteiger partial charge in [0.1, 0.15) is 17.6 Å². The zero-order valence-electron chi connectivity index (χ0n) is 15.1. The highest BCUT2D eigenvalue weighted by atomic mass is 16.6. The van der Waals surface area contributed by atoms with Gasteiger partial charge in [-0.3, -0.25) is 14.9 Å². The summed E-state index contributed by atoms with van der Waals surface area (Å²) in [6, 6.07) is 0.853. The molecule has 0 spiro atoms. The van der Waals surface area contributed by atoms with Crippen LogP contribution in [0.1, 0.15) is 25.5 Å². The molecule has 0 aliphatic carbocycles. The number of aliphatic hydroxyl groups is 1. The highest BCUT2D eigenvalue weighted by Gasteiger charge is 2.48. The standard InChI is InChI=1S/C15H24N8O5/c16-10-3-5-23(14(24)20-10)12-9-6-15(25,7-27-12)21-8(11(22-26)28-9)2-1-4-19-13(17)18/h3,5,8-9,12,21,25-26H,1-2,4,6-7H2,(H2,16,20,24)(H4,17,18,19). The first-order chi connectivity index (χ1) is 13.3. The van der Waals surface area contributed by atoms with E-state index in [2.05, 4.69) is 20.4 Å². The van der Waals surface area contributed by atoms with Crippen molar-refractivity contribution >= 4 is 17.7 Å². The third-order valence-corrected chi connectivity index (χ3v) is 4.53. The third kappa shape index (κ3) is 4.32. The number of nitrogen functional groups attached to an aromatic ring is 1. The van der Waals surface area contributed by atoms with E-state index in [1.54, 1.807) is 0 Å². The first-order valence-corrected chi connectivity index (χ1v) is 8.71. The number of fused-ring (bicyclic) bond motifs is 2. The van der Waals surface area contributed by atoms with E-state index in [4.69, 9.17) is 26.7 Å². The van der Waals surface area contributed by atoms with Crippen molar-refractivity contribution in [3.8, 4) is 0 Å². The number of nitrogens with zero attached hydrogens (tertiary/aromatic N) is 4. The number of aromatic nitrogens is 2. The van der Waals surface area contributed by atoms with Crippen LogP contribution in [0.15, 0.2) is 27.2 Å². The molecule has 2 fully saturated rings. The normalized spacial score (nSPS) is 31.0. The Hall–Kier alpha value is -2.90. The first-order valence-electron chi connectivity index (χ1n) is 8.71. The smallest absolute Gasteiger partial charge is 0.351 e. The predicted molar refractivity (Wildman–Crippen MR) is 98.4 cm³/mol. The van der Waals surface area contributed by atoms with Gasteiger partial charge in [-0.1, -0.05) is 5.16 Å². The second kappa shape index (κ2) is 8.00. The molecule has 2 bridgehead atoms. The van der Waals surface area contributed by atoms with Crippen LogP contribution in [0.2, 0.25) is 0 Å². The Bertz CT molecular complexity index is 823. The maximum atomic E-state index is 12.2. The molecule has 13 heteroatoms. The Morgan fingerprint density at radius 2 is 2.29 bits per heavy atom. The summed E-state index contributed by atoms with van der Waals surface area (Å²) in [7, 11) is 0. The lowest BCUT2D eigenvalue weighted by Gasteiger charge is -2.39. The van der Waals surface area contributed by atoms with Crippen molar-refractivity contribution in [2.24, 2.45) is 21.6 Å². The van der Waals surface area contributed by atoms with Gasteiger partial charge in [-0.05, 0) is 18.9 Å². The van der Waals surface area contributed by atoms with Gasteiger partial charge in [0.15, 0.2) is 12.2 Å². The van der Waals surface area contributed by atoms with Gasteiger partial charge in [-0.15, -0.1) is 0 Å². The zero-order chi connectivity index (χ0) is 20.3. The van der Waals surface area contributed by atoms with E-state index >= 15 is 0 Å². The number of nitrogens with two attached hydrogens (primary N) is 3. The molecule has 2 aliphatic heterocycles. The molecule has 13 nitrogen and oxygen atoms in total. The van der Waals surface area contributed by atoms with E-state index in [-0.39, 0.29) is 30.7 Å². The van der Waals surface area contributed by atoms with E-state index in [0.717, 1.165) is 0 Å². The average Bonchev–Trinajstić information content (AvgIpc) is 2.73. The summed E-state index contributed by atoms with van der Waals surface area (Å²) in [6.07, 6.45) is 0.827. The summed E-state index contributed by atoms with van der Waals surface area (Å²) in [4.78, 5) is 19.7. The molecular weight excluding hydrogens is 372 g/mol. The van der Waals surface area contributed by atoms with Crippen LogP contribution in [0.3, 0.4) is 0 Å². The van der Waals surface area contributed by atoms with E-state index in [9.17, 15) is 15.1 Å². The second-order valence-corrected chi connectivity index (χ2v) is 6.72. The van der Waals surface area contributed by atoms with Gasteiger partial charge < -0.3 is 37.0 Å². The topological polar surface area (TPSA) is 209 Å². The van der Waals surface area contributed by atoms with Crippen LogP contribution in [0.5, 0.6) is 0 Å². The lowest BCUT2D eigenvalue weighted by Crippen LogP contribution is -2.58. The minimum absolute atomic E-state index is 0.0191. The number of anilines is 1. The summed E-state index contributed by atoms with van der Waals surface area (Å²) in [5.74, 6) is 0.0300. The van der Waals surface area contributed by atoms with Crippen LogP contribution < -0.4 is 28.2 Å². The maximum absolute atomic E-state index is 12.2. The number of guanidine groups is 1. The van der Waals surface area contributed by atoms with E-state index in [1.165, 1.54) is 16.8 Å². The molecule has 3 heterocycles. The van der Waals surface area contributed by atoms with Crippen LogP contribution in [0.25, 0.3) is 0 Å². The van der Waals surface area contributed by atoms with E-state index in [0.29, 0.717) is 19.4 Å². The van der Waals surface area contributed by atoms with Crippen molar-refractivity contribution in [1.29, 1.82) is 0 Å². The van der Waals surface area contributed by atoms with E-state index < -0.39 is 29.8 Å². The number of hydrogen-bond donors (Lipinski definition) is 6. The van der Waals surface area contributed by atoms with Crippen molar-refractivity contribution in [3.63, 3.8) is 0 Å². The number of oxime groups is 1. The molecule has 154 valence electrons. The molecule has 0 radical (unpaired) electrons. The zero-order valence-corrected chi connectivity index (χ0v) is 15.1. The van der Waals surface area contributed by atoms with E-state index in [1.807, 2.05) is 0 Å². The Kier molecular flexibility index (Phi) is 5.67. The number of nitrogens with one attached hydrogen (secondary N) is 1. The minimum atomic E-state index is -1.43. The van der Waals surface area contributed by atoms with Crippen molar-refractivity contribution in [2.45, 2.75) is 43.4 Å². The molecule has 4 unspecified atom stereocenters. The van der Waals surface area contributed by atoms with Crippen molar-refractivity contribution in [3.05, 3.63) is 22.7 Å².